The molecule has 2 heterocycles. The van der Waals surface area contributed by atoms with Gasteiger partial charge in [-0.2, -0.15) is 5.10 Å². The molecule has 1 amide bonds. The molecule has 1 fully saturated rings. The highest BCUT2D eigenvalue weighted by atomic mass is 16.5. The SMILES string of the molecule is CNC(=O)c1nn(CN2C[C@H](C)OC[C@H]2C)c(=O)c2ccccc12. The number of hydrogen-bond donors (Lipinski definition) is 1. The molecule has 7 nitrogen and oxygen atoms in total. The van der Waals surface area contributed by atoms with E-state index in [1.54, 1.807) is 31.3 Å². The molecule has 1 aliphatic heterocycles. The van der Waals surface area contributed by atoms with Crippen molar-refractivity contribution in [1.29, 1.82) is 0 Å². The first-order valence-corrected chi connectivity index (χ1v) is 8.09. The molecule has 3 rings (SSSR count). The van der Waals surface area contributed by atoms with Gasteiger partial charge < -0.3 is 10.1 Å². The molecule has 2 aromatic rings. The van der Waals surface area contributed by atoms with Crippen LogP contribution < -0.4 is 10.9 Å². The van der Waals surface area contributed by atoms with Crippen molar-refractivity contribution in [2.24, 2.45) is 0 Å². The lowest BCUT2D eigenvalue weighted by Crippen LogP contribution is -2.49. The third-order valence-corrected chi connectivity index (χ3v) is 4.36. The average molecular weight is 330 g/mol. The molecular formula is C17H22N4O3. The average Bonchev–Trinajstić information content (AvgIpc) is 2.60. The lowest BCUT2D eigenvalue weighted by Gasteiger charge is -2.36. The maximum atomic E-state index is 12.8. The van der Waals surface area contributed by atoms with Crippen molar-refractivity contribution >= 4 is 16.7 Å². The van der Waals surface area contributed by atoms with E-state index in [0.717, 1.165) is 6.54 Å². The molecule has 1 aromatic carbocycles. The molecule has 0 spiro atoms. The van der Waals surface area contributed by atoms with Crippen LogP contribution in [0.5, 0.6) is 0 Å². The minimum Gasteiger partial charge on any atom is -0.376 e. The van der Waals surface area contributed by atoms with E-state index in [4.69, 9.17) is 4.74 Å². The number of nitrogens with one attached hydrogen (secondary N) is 1. The van der Waals surface area contributed by atoms with Crippen molar-refractivity contribution in [3.8, 4) is 0 Å². The lowest BCUT2D eigenvalue weighted by molar-refractivity contribution is -0.0628. The number of rotatable bonds is 3. The Morgan fingerprint density at radius 3 is 2.75 bits per heavy atom. The van der Waals surface area contributed by atoms with Gasteiger partial charge >= 0.3 is 0 Å². The van der Waals surface area contributed by atoms with E-state index in [9.17, 15) is 9.59 Å². The number of carbonyl (C=O) groups excluding carboxylic acids is 1. The number of morpholine rings is 1. The Morgan fingerprint density at radius 2 is 2.04 bits per heavy atom. The zero-order valence-electron chi connectivity index (χ0n) is 14.2. The van der Waals surface area contributed by atoms with E-state index in [-0.39, 0.29) is 29.3 Å². The standard InChI is InChI=1S/C17H22N4O3/c1-11-9-24-12(2)8-20(11)10-21-17(23)14-7-5-4-6-13(14)15(19-21)16(22)18-3/h4-7,11-12H,8-10H2,1-3H3,(H,18,22)/t11-,12+/m1/s1. The second kappa shape index (κ2) is 6.70. The molecule has 0 radical (unpaired) electrons. The highest BCUT2D eigenvalue weighted by Gasteiger charge is 2.25. The maximum absolute atomic E-state index is 12.8. The summed E-state index contributed by atoms with van der Waals surface area (Å²) < 4.78 is 7.00. The quantitative estimate of drug-likeness (QED) is 0.902. The largest absolute Gasteiger partial charge is 0.376 e. The number of aromatic nitrogens is 2. The third kappa shape index (κ3) is 3.05. The predicted octanol–water partition coefficient (Wildman–Crippen LogP) is 0.823. The van der Waals surface area contributed by atoms with E-state index < -0.39 is 0 Å². The first-order chi connectivity index (χ1) is 11.5. The first-order valence-electron chi connectivity index (χ1n) is 8.09. The summed E-state index contributed by atoms with van der Waals surface area (Å²) in [6.45, 7) is 5.73. The van der Waals surface area contributed by atoms with Gasteiger partial charge in [-0.25, -0.2) is 4.68 Å². The van der Waals surface area contributed by atoms with Crippen LogP contribution in [0, 0.1) is 0 Å². The Kier molecular flexibility index (Phi) is 4.64. The van der Waals surface area contributed by atoms with Crippen molar-refractivity contribution in [1.82, 2.24) is 20.0 Å². The summed E-state index contributed by atoms with van der Waals surface area (Å²) in [4.78, 5) is 27.1. The van der Waals surface area contributed by atoms with Gasteiger partial charge in [0.25, 0.3) is 11.5 Å². The minimum atomic E-state index is -0.302. The number of fused-ring (bicyclic) bond motifs is 1. The van der Waals surface area contributed by atoms with Crippen LogP contribution in [0.1, 0.15) is 24.3 Å². The molecule has 0 saturated carbocycles. The van der Waals surface area contributed by atoms with Gasteiger partial charge in [0, 0.05) is 25.0 Å². The minimum absolute atomic E-state index is 0.107. The Labute approximate surface area is 140 Å². The van der Waals surface area contributed by atoms with Crippen LogP contribution in [0.25, 0.3) is 10.8 Å². The van der Waals surface area contributed by atoms with Crippen molar-refractivity contribution in [2.75, 3.05) is 20.2 Å². The maximum Gasteiger partial charge on any atom is 0.275 e. The van der Waals surface area contributed by atoms with Crippen LogP contribution in [-0.2, 0) is 11.4 Å². The van der Waals surface area contributed by atoms with E-state index >= 15 is 0 Å². The summed E-state index contributed by atoms with van der Waals surface area (Å²) in [5.74, 6) is -0.302. The van der Waals surface area contributed by atoms with Crippen LogP contribution in [-0.4, -0.2) is 52.9 Å². The highest BCUT2D eigenvalue weighted by molar-refractivity contribution is 6.04. The van der Waals surface area contributed by atoms with Gasteiger partial charge in [-0.3, -0.25) is 14.5 Å². The number of benzene rings is 1. The number of ether oxygens (including phenoxy) is 1. The summed E-state index contributed by atoms with van der Waals surface area (Å²) in [5.41, 5.74) is 0.0752. The van der Waals surface area contributed by atoms with Crippen molar-refractivity contribution in [3.05, 3.63) is 40.3 Å². The smallest absolute Gasteiger partial charge is 0.275 e. The second-order valence-electron chi connectivity index (χ2n) is 6.18. The van der Waals surface area contributed by atoms with Crippen LogP contribution in [0.4, 0.5) is 0 Å². The van der Waals surface area contributed by atoms with Crippen LogP contribution >= 0.6 is 0 Å². The summed E-state index contributed by atoms with van der Waals surface area (Å²) >= 11 is 0. The zero-order chi connectivity index (χ0) is 17.3. The Bertz CT molecular complexity index is 817. The van der Waals surface area contributed by atoms with Crippen LogP contribution in [0.2, 0.25) is 0 Å². The van der Waals surface area contributed by atoms with Gasteiger partial charge in [0.1, 0.15) is 0 Å². The first kappa shape index (κ1) is 16.6. The summed E-state index contributed by atoms with van der Waals surface area (Å²) in [6, 6.07) is 7.25. The fourth-order valence-electron chi connectivity index (χ4n) is 2.96. The van der Waals surface area contributed by atoms with E-state index in [1.807, 2.05) is 6.92 Å². The van der Waals surface area contributed by atoms with Gasteiger partial charge in [-0.05, 0) is 19.9 Å². The molecule has 1 aliphatic rings. The van der Waals surface area contributed by atoms with E-state index in [1.165, 1.54) is 4.68 Å². The van der Waals surface area contributed by atoms with Crippen LogP contribution in [0.15, 0.2) is 29.1 Å². The second-order valence-corrected chi connectivity index (χ2v) is 6.18. The molecule has 2 atom stereocenters. The molecule has 1 N–H and O–H groups in total. The normalized spacial score (nSPS) is 21.8. The molecule has 24 heavy (non-hydrogen) atoms. The van der Waals surface area contributed by atoms with Crippen molar-refractivity contribution in [2.45, 2.75) is 32.7 Å². The van der Waals surface area contributed by atoms with Crippen molar-refractivity contribution < 1.29 is 9.53 Å². The van der Waals surface area contributed by atoms with E-state index in [2.05, 4.69) is 22.2 Å². The molecule has 128 valence electrons. The van der Waals surface area contributed by atoms with Crippen LogP contribution in [0.3, 0.4) is 0 Å². The van der Waals surface area contributed by atoms with Crippen molar-refractivity contribution in [3.63, 3.8) is 0 Å². The highest BCUT2D eigenvalue weighted by Crippen LogP contribution is 2.15. The number of amides is 1. The lowest BCUT2D eigenvalue weighted by atomic mass is 10.1. The third-order valence-electron chi connectivity index (χ3n) is 4.36. The molecule has 0 aliphatic carbocycles. The fourth-order valence-corrected chi connectivity index (χ4v) is 2.96. The fraction of sp³-hybridized carbons (Fsp3) is 0.471. The number of hydrogen-bond acceptors (Lipinski definition) is 5. The Morgan fingerprint density at radius 1 is 1.33 bits per heavy atom. The Balaban J connectivity index is 2.06. The Hall–Kier alpha value is -2.25. The van der Waals surface area contributed by atoms with Gasteiger partial charge in [0.05, 0.1) is 24.8 Å². The number of carbonyl (C=O) groups is 1. The van der Waals surface area contributed by atoms with E-state index in [0.29, 0.717) is 24.0 Å². The molecule has 0 unspecified atom stereocenters. The van der Waals surface area contributed by atoms with Gasteiger partial charge in [-0.15, -0.1) is 0 Å². The summed E-state index contributed by atoms with van der Waals surface area (Å²) in [7, 11) is 1.56. The number of nitrogens with zero attached hydrogens (tertiary/aromatic N) is 3. The summed E-state index contributed by atoms with van der Waals surface area (Å²) in [5, 5.41) is 7.99. The predicted molar refractivity (Wildman–Crippen MR) is 91.0 cm³/mol. The topological polar surface area (TPSA) is 76.5 Å². The molecule has 1 saturated heterocycles. The molecule has 7 heteroatoms. The molecular weight excluding hydrogens is 308 g/mol. The van der Waals surface area contributed by atoms with Gasteiger partial charge in [0.2, 0.25) is 0 Å². The van der Waals surface area contributed by atoms with Gasteiger partial charge in [-0.1, -0.05) is 18.2 Å². The van der Waals surface area contributed by atoms with Gasteiger partial charge in [0.15, 0.2) is 5.69 Å². The monoisotopic (exact) mass is 330 g/mol. The summed E-state index contributed by atoms with van der Waals surface area (Å²) in [6.07, 6.45) is 0.107. The zero-order valence-corrected chi connectivity index (χ0v) is 14.2. The molecule has 1 aromatic heterocycles. The molecule has 0 bridgehead atoms.